The number of hydrogen-bond acceptors (Lipinski definition) is 6. The highest BCUT2D eigenvalue weighted by molar-refractivity contribution is 6.19. The molecule has 0 N–H and O–H groups in total. The van der Waals surface area contributed by atoms with Gasteiger partial charge in [0.1, 0.15) is 33.1 Å². The molecule has 0 aliphatic heterocycles. The number of fused-ring (bicyclic) bond motifs is 24. The molecule has 1 aliphatic rings. The average molecular weight is 1580 g/mol. The summed E-state index contributed by atoms with van der Waals surface area (Å²) in [5.74, 6) is 0. The standard InChI is InChI=1S/C111H80N12/c1-10-37-94-82(28-1)83-29-2-11-38-95(83)121(94)79-58-61-103-91(64-79)88-34-7-16-43-100(88)118(103)76-52-46-70(47-53-76)22-19-25-73-67-112-106-109(115-73)107-111(117-74(68-113-107)26-20-23-71-48-54-77(55-49-71)119-101-44-17-8-35-89(101)92-65-80(59-62-104(92)119)122-96-39-12-3-30-84(96)85-31-4-13-40-97(85)122)108-110(106)116-75(69-114-108)27-21-24-72-50-56-78(57-51-72)120-102-45-18-9-36-90(102)93-66-81(60-63-105(93)120)123-98-41-14-5-32-86(98)87-33-6-15-42-99(87)123/h1-18,28-65,67-69,81H,19-27,66H2. The van der Waals surface area contributed by atoms with E-state index in [9.17, 15) is 0 Å². The van der Waals surface area contributed by atoms with Crippen molar-refractivity contribution in [1.29, 1.82) is 0 Å². The fourth-order valence-corrected chi connectivity index (χ4v) is 20.6. The quantitative estimate of drug-likeness (QED) is 0.0792. The molecule has 0 radical (unpaired) electrons. The van der Waals surface area contributed by atoms with Gasteiger partial charge in [-0.25, -0.2) is 15.0 Å². The first-order valence-corrected chi connectivity index (χ1v) is 43.2. The van der Waals surface area contributed by atoms with E-state index in [4.69, 9.17) is 29.9 Å². The molecule has 12 heteroatoms. The maximum absolute atomic E-state index is 5.45. The van der Waals surface area contributed by atoms with E-state index in [0.717, 1.165) is 110 Å². The lowest BCUT2D eigenvalue weighted by Crippen LogP contribution is -2.13. The predicted octanol–water partition coefficient (Wildman–Crippen LogP) is 26.3. The lowest BCUT2D eigenvalue weighted by atomic mass is 9.96. The average Bonchev–Trinajstić information content (AvgIpc) is 1.64. The van der Waals surface area contributed by atoms with Crippen molar-refractivity contribution in [3.8, 4) is 28.4 Å². The lowest BCUT2D eigenvalue weighted by Gasteiger charge is -2.22. The van der Waals surface area contributed by atoms with Gasteiger partial charge in [0.05, 0.1) is 72.8 Å². The highest BCUT2D eigenvalue weighted by atomic mass is 15.1. The van der Waals surface area contributed by atoms with E-state index in [1.807, 2.05) is 18.6 Å². The Bertz CT molecular complexity index is 7980. The molecule has 123 heavy (non-hydrogen) atoms. The molecule has 0 amide bonds. The van der Waals surface area contributed by atoms with Gasteiger partial charge in [0, 0.05) is 123 Å². The number of aromatic nitrogens is 12. The van der Waals surface area contributed by atoms with Crippen LogP contribution >= 0.6 is 0 Å². The van der Waals surface area contributed by atoms with Crippen molar-refractivity contribution in [3.05, 3.63) is 397 Å². The van der Waals surface area contributed by atoms with Crippen molar-refractivity contribution < 1.29 is 0 Å². The first-order valence-electron chi connectivity index (χ1n) is 43.2. The van der Waals surface area contributed by atoms with Crippen molar-refractivity contribution in [2.75, 3.05) is 0 Å². The van der Waals surface area contributed by atoms with Crippen molar-refractivity contribution in [2.24, 2.45) is 0 Å². The van der Waals surface area contributed by atoms with Gasteiger partial charge < -0.3 is 27.4 Å². The van der Waals surface area contributed by atoms with E-state index in [0.29, 0.717) is 33.1 Å². The number of para-hydroxylation sites is 9. The van der Waals surface area contributed by atoms with Crippen molar-refractivity contribution in [2.45, 2.75) is 70.3 Å². The molecule has 24 aromatic rings. The number of aryl methyl sites for hydroxylation is 6. The summed E-state index contributed by atoms with van der Waals surface area (Å²) in [5.41, 5.74) is 32.4. The number of rotatable bonds is 18. The third kappa shape index (κ3) is 11.6. The maximum atomic E-state index is 5.45. The molecule has 0 spiro atoms. The van der Waals surface area contributed by atoms with Crippen LogP contribution in [0.1, 0.15) is 70.3 Å². The van der Waals surface area contributed by atoms with E-state index in [-0.39, 0.29) is 6.04 Å². The second kappa shape index (κ2) is 28.7. The molecule has 584 valence electrons. The largest absolute Gasteiger partial charge is 0.333 e. The first kappa shape index (κ1) is 70.6. The first-order chi connectivity index (χ1) is 61.0. The zero-order valence-corrected chi connectivity index (χ0v) is 67.6. The van der Waals surface area contributed by atoms with E-state index in [1.165, 1.54) is 148 Å². The Morgan fingerprint density at radius 1 is 0.236 bits per heavy atom. The lowest BCUT2D eigenvalue weighted by molar-refractivity contribution is 0.636. The van der Waals surface area contributed by atoms with Gasteiger partial charge in [0.2, 0.25) is 0 Å². The molecule has 1 aliphatic carbocycles. The third-order valence-corrected chi connectivity index (χ3v) is 26.3. The molecular formula is C111H80N12. The fraction of sp³-hybridized carbons (Fsp3) is 0.0991. The Kier molecular flexibility index (Phi) is 16.5. The van der Waals surface area contributed by atoms with Crippen LogP contribution in [0, 0.1) is 0 Å². The van der Waals surface area contributed by atoms with Crippen LogP contribution in [0.2, 0.25) is 0 Å². The summed E-state index contributed by atoms with van der Waals surface area (Å²) in [4.78, 5) is 32.1. The number of hydrogen-bond donors (Lipinski definition) is 0. The van der Waals surface area contributed by atoms with Gasteiger partial charge in [0.15, 0.2) is 0 Å². The van der Waals surface area contributed by atoms with E-state index < -0.39 is 0 Å². The van der Waals surface area contributed by atoms with Crippen molar-refractivity contribution in [3.63, 3.8) is 0 Å². The number of allylic oxidation sites excluding steroid dienone is 1. The summed E-state index contributed by atoms with van der Waals surface area (Å²) in [5, 5.41) is 13.8. The van der Waals surface area contributed by atoms with Crippen LogP contribution in [-0.4, -0.2) is 57.3 Å². The maximum Gasteiger partial charge on any atom is 0.119 e. The van der Waals surface area contributed by atoms with Crippen LogP contribution in [0.4, 0.5) is 0 Å². The van der Waals surface area contributed by atoms with E-state index in [1.54, 1.807) is 0 Å². The monoisotopic (exact) mass is 1580 g/mol. The molecule has 0 saturated heterocycles. The third-order valence-electron chi connectivity index (χ3n) is 26.3. The minimum Gasteiger partial charge on any atom is -0.333 e. The van der Waals surface area contributed by atoms with Crippen LogP contribution in [-0.2, 0) is 44.9 Å². The molecule has 9 heterocycles. The Morgan fingerprint density at radius 2 is 0.504 bits per heavy atom. The van der Waals surface area contributed by atoms with Crippen LogP contribution in [0.15, 0.2) is 352 Å². The molecule has 15 aromatic carbocycles. The summed E-state index contributed by atoms with van der Waals surface area (Å²) in [6.45, 7) is 0. The molecule has 1 unspecified atom stereocenters. The SMILES string of the molecule is C1=CC(n2c3ccccc3c3ccccc32)Cc2c1n(-c1ccc(CCCc3cnc4c(n3)c3ncc(CCCc5ccc(-n6c7ccccc7c7cc(-n8c9ccccc9c9ccccc98)ccc76)cc5)nc3c3ncc(CCCc5ccc(-n6c7ccccc7c7cc(-n8c9ccccc9c9ccccc98)ccc76)cc5)nc43)cc1)c1ccccc21. The van der Waals surface area contributed by atoms with Gasteiger partial charge in [-0.05, 0) is 220 Å². The zero-order valence-electron chi connectivity index (χ0n) is 67.6. The molecule has 12 nitrogen and oxygen atoms in total. The highest BCUT2D eigenvalue weighted by Crippen LogP contribution is 2.44. The zero-order chi connectivity index (χ0) is 80.7. The van der Waals surface area contributed by atoms with Crippen LogP contribution < -0.4 is 0 Å². The van der Waals surface area contributed by atoms with Crippen molar-refractivity contribution in [1.82, 2.24) is 57.3 Å². The minimum atomic E-state index is 0.183. The van der Waals surface area contributed by atoms with Crippen molar-refractivity contribution >= 4 is 159 Å². The minimum absolute atomic E-state index is 0.183. The summed E-state index contributed by atoms with van der Waals surface area (Å²) in [6.07, 6.45) is 19.0. The van der Waals surface area contributed by atoms with Gasteiger partial charge in [-0.3, -0.25) is 15.0 Å². The smallest absolute Gasteiger partial charge is 0.119 e. The van der Waals surface area contributed by atoms with Gasteiger partial charge >= 0.3 is 0 Å². The molecule has 0 bridgehead atoms. The molecule has 25 rings (SSSR count). The summed E-state index contributed by atoms with van der Waals surface area (Å²) in [6, 6.07) is 121. The van der Waals surface area contributed by atoms with E-state index in [2.05, 4.69) is 367 Å². The van der Waals surface area contributed by atoms with Gasteiger partial charge in [-0.15, -0.1) is 0 Å². The van der Waals surface area contributed by atoms with Gasteiger partial charge in [-0.2, -0.15) is 0 Å². The summed E-state index contributed by atoms with van der Waals surface area (Å²) >= 11 is 0. The molecule has 9 aromatic heterocycles. The number of benzene rings is 15. The molecule has 1 atom stereocenters. The number of nitrogens with zero attached hydrogens (tertiary/aromatic N) is 12. The Hall–Kier alpha value is -15.4. The van der Waals surface area contributed by atoms with Crippen LogP contribution in [0.3, 0.4) is 0 Å². The topological polar surface area (TPSA) is 107 Å². The molecular weight excluding hydrogens is 1500 g/mol. The molecule has 0 fully saturated rings. The van der Waals surface area contributed by atoms with Crippen LogP contribution in [0.5, 0.6) is 0 Å². The second-order valence-corrected chi connectivity index (χ2v) is 33.3. The van der Waals surface area contributed by atoms with Gasteiger partial charge in [-0.1, -0.05) is 206 Å². The van der Waals surface area contributed by atoms with E-state index >= 15 is 0 Å². The second-order valence-electron chi connectivity index (χ2n) is 33.3. The predicted molar refractivity (Wildman–Crippen MR) is 507 cm³/mol. The fourth-order valence-electron chi connectivity index (χ4n) is 20.6. The highest BCUT2D eigenvalue weighted by Gasteiger charge is 2.28. The Labute approximate surface area is 707 Å². The summed E-state index contributed by atoms with van der Waals surface area (Å²) in [7, 11) is 0. The Balaban J connectivity index is 0.489. The van der Waals surface area contributed by atoms with Gasteiger partial charge in [0.25, 0.3) is 0 Å². The Morgan fingerprint density at radius 3 is 0.854 bits per heavy atom. The van der Waals surface area contributed by atoms with Crippen LogP contribution in [0.25, 0.3) is 188 Å². The molecule has 0 saturated carbocycles. The normalized spacial score (nSPS) is 13.2. The summed E-state index contributed by atoms with van der Waals surface area (Å²) < 4.78 is 14.6.